The average Bonchev–Trinajstić information content (AvgIpc) is 2.39. The van der Waals surface area contributed by atoms with Gasteiger partial charge in [0.05, 0.1) is 21.7 Å². The van der Waals surface area contributed by atoms with Crippen LogP contribution in [0.1, 0.15) is 22.7 Å². The van der Waals surface area contributed by atoms with Crippen molar-refractivity contribution in [3.63, 3.8) is 0 Å². The Labute approximate surface area is 128 Å². The first-order valence-corrected chi connectivity index (χ1v) is 6.53. The highest BCUT2D eigenvalue weighted by Crippen LogP contribution is 2.37. The van der Waals surface area contributed by atoms with Crippen LogP contribution in [0.15, 0.2) is 36.4 Å². The van der Waals surface area contributed by atoms with Crippen LogP contribution in [0, 0.1) is 5.82 Å². The molecule has 0 aliphatic rings. The van der Waals surface area contributed by atoms with Gasteiger partial charge in [0.15, 0.2) is 0 Å². The number of halogens is 6. The van der Waals surface area contributed by atoms with E-state index in [1.807, 2.05) is 0 Å². The summed E-state index contributed by atoms with van der Waals surface area (Å²) in [4.78, 5) is 0. The molecule has 0 bridgehead atoms. The first kappa shape index (κ1) is 16.1. The standard InChI is InChI=1S/C14H9Cl2F4N/c15-11-4-1-7(5-12(11)16)13(21)9-6-8(17)2-3-10(9)14(18,19)20/h1-6,13H,21H2. The number of hydrogen-bond acceptors (Lipinski definition) is 1. The van der Waals surface area contributed by atoms with Gasteiger partial charge in [0.25, 0.3) is 0 Å². The highest BCUT2D eigenvalue weighted by molar-refractivity contribution is 6.42. The van der Waals surface area contributed by atoms with Gasteiger partial charge < -0.3 is 5.73 Å². The second-order valence-corrected chi connectivity index (χ2v) is 5.19. The van der Waals surface area contributed by atoms with E-state index in [9.17, 15) is 17.6 Å². The third-order valence-corrected chi connectivity index (χ3v) is 3.70. The number of benzene rings is 2. The van der Waals surface area contributed by atoms with Crippen LogP contribution in [0.3, 0.4) is 0 Å². The molecule has 2 aromatic rings. The number of hydrogen-bond donors (Lipinski definition) is 1. The minimum atomic E-state index is -4.63. The molecule has 0 heterocycles. The quantitative estimate of drug-likeness (QED) is 0.749. The summed E-state index contributed by atoms with van der Waals surface area (Å²) in [7, 11) is 0. The van der Waals surface area contributed by atoms with E-state index >= 15 is 0 Å². The van der Waals surface area contributed by atoms with Crippen LogP contribution in [0.25, 0.3) is 0 Å². The van der Waals surface area contributed by atoms with Crippen LogP contribution in [-0.4, -0.2) is 0 Å². The second-order valence-electron chi connectivity index (χ2n) is 4.38. The molecule has 2 aromatic carbocycles. The number of alkyl halides is 3. The molecule has 0 radical (unpaired) electrons. The fourth-order valence-electron chi connectivity index (χ4n) is 1.93. The maximum atomic E-state index is 13.3. The molecule has 2 rings (SSSR count). The van der Waals surface area contributed by atoms with Gasteiger partial charge in [0, 0.05) is 0 Å². The first-order chi connectivity index (χ1) is 9.70. The van der Waals surface area contributed by atoms with Crippen molar-refractivity contribution in [2.45, 2.75) is 12.2 Å². The molecule has 0 spiro atoms. The molecule has 0 saturated heterocycles. The van der Waals surface area contributed by atoms with Crippen molar-refractivity contribution >= 4 is 23.2 Å². The van der Waals surface area contributed by atoms with Crippen molar-refractivity contribution in [3.8, 4) is 0 Å². The molecule has 21 heavy (non-hydrogen) atoms. The molecule has 0 fully saturated rings. The van der Waals surface area contributed by atoms with Crippen molar-refractivity contribution < 1.29 is 17.6 Å². The van der Waals surface area contributed by atoms with Crippen LogP contribution >= 0.6 is 23.2 Å². The normalized spacial score (nSPS) is 13.3. The average molecular weight is 338 g/mol. The smallest absolute Gasteiger partial charge is 0.320 e. The summed E-state index contributed by atoms with van der Waals surface area (Å²) in [5.74, 6) is -0.798. The van der Waals surface area contributed by atoms with Crippen molar-refractivity contribution in [1.82, 2.24) is 0 Å². The van der Waals surface area contributed by atoms with Gasteiger partial charge in [-0.1, -0.05) is 29.3 Å². The van der Waals surface area contributed by atoms with Crippen LogP contribution in [-0.2, 0) is 6.18 Å². The lowest BCUT2D eigenvalue weighted by Gasteiger charge is -2.19. The Morgan fingerprint density at radius 2 is 1.62 bits per heavy atom. The van der Waals surface area contributed by atoms with E-state index < -0.39 is 23.6 Å². The SMILES string of the molecule is NC(c1ccc(Cl)c(Cl)c1)c1cc(F)ccc1C(F)(F)F. The minimum absolute atomic E-state index is 0.162. The zero-order valence-corrected chi connectivity index (χ0v) is 11.9. The van der Waals surface area contributed by atoms with Crippen LogP contribution in [0.2, 0.25) is 10.0 Å². The first-order valence-electron chi connectivity index (χ1n) is 5.77. The summed E-state index contributed by atoms with van der Waals surface area (Å²) in [5, 5.41) is 0.414. The van der Waals surface area contributed by atoms with Gasteiger partial charge in [-0.05, 0) is 41.5 Å². The molecule has 0 saturated carbocycles. The Hall–Kier alpha value is -1.30. The topological polar surface area (TPSA) is 26.0 Å². The summed E-state index contributed by atoms with van der Waals surface area (Å²) >= 11 is 11.6. The molecule has 7 heteroatoms. The lowest BCUT2D eigenvalue weighted by atomic mass is 9.94. The largest absolute Gasteiger partial charge is 0.416 e. The van der Waals surface area contributed by atoms with E-state index in [2.05, 4.69) is 0 Å². The minimum Gasteiger partial charge on any atom is -0.320 e. The van der Waals surface area contributed by atoms with Crippen LogP contribution in [0.5, 0.6) is 0 Å². The Morgan fingerprint density at radius 1 is 0.952 bits per heavy atom. The molecular formula is C14H9Cl2F4N. The van der Waals surface area contributed by atoms with Gasteiger partial charge in [0.1, 0.15) is 5.82 Å². The third-order valence-electron chi connectivity index (χ3n) is 2.96. The molecule has 112 valence electrons. The molecule has 0 aliphatic heterocycles. The van der Waals surface area contributed by atoms with Gasteiger partial charge in [-0.2, -0.15) is 13.2 Å². The molecular weight excluding hydrogens is 329 g/mol. The van der Waals surface area contributed by atoms with E-state index in [1.54, 1.807) is 0 Å². The van der Waals surface area contributed by atoms with Crippen molar-refractivity contribution in [3.05, 3.63) is 69.0 Å². The molecule has 1 nitrogen and oxygen atoms in total. The molecule has 2 N–H and O–H groups in total. The van der Waals surface area contributed by atoms with Gasteiger partial charge in [-0.3, -0.25) is 0 Å². The van der Waals surface area contributed by atoms with E-state index in [-0.39, 0.29) is 15.6 Å². The Morgan fingerprint density at radius 3 is 2.19 bits per heavy atom. The fraction of sp³-hybridized carbons (Fsp3) is 0.143. The van der Waals surface area contributed by atoms with Crippen molar-refractivity contribution in [2.75, 3.05) is 0 Å². The summed E-state index contributed by atoms with van der Waals surface area (Å²) in [6, 6.07) is 5.24. The monoisotopic (exact) mass is 337 g/mol. The molecule has 0 aromatic heterocycles. The Bertz CT molecular complexity index is 671. The predicted molar refractivity (Wildman–Crippen MR) is 73.9 cm³/mol. The highest BCUT2D eigenvalue weighted by Gasteiger charge is 2.35. The molecule has 0 amide bonds. The van der Waals surface area contributed by atoms with Gasteiger partial charge >= 0.3 is 6.18 Å². The second kappa shape index (κ2) is 5.83. The van der Waals surface area contributed by atoms with Gasteiger partial charge in [-0.25, -0.2) is 4.39 Å². The van der Waals surface area contributed by atoms with E-state index in [0.29, 0.717) is 11.6 Å². The lowest BCUT2D eigenvalue weighted by molar-refractivity contribution is -0.138. The Balaban J connectivity index is 2.54. The third kappa shape index (κ3) is 3.48. The maximum absolute atomic E-state index is 13.3. The predicted octanol–water partition coefficient (Wildman–Crippen LogP) is 5.20. The molecule has 1 atom stereocenters. The van der Waals surface area contributed by atoms with Gasteiger partial charge in [-0.15, -0.1) is 0 Å². The summed E-state index contributed by atoms with van der Waals surface area (Å²) in [5.41, 5.74) is 4.80. The fourth-order valence-corrected chi connectivity index (χ4v) is 2.24. The van der Waals surface area contributed by atoms with E-state index in [0.717, 1.165) is 12.1 Å². The Kier molecular flexibility index (Phi) is 4.46. The number of nitrogens with two attached hydrogens (primary N) is 1. The van der Waals surface area contributed by atoms with Crippen molar-refractivity contribution in [2.24, 2.45) is 5.73 Å². The maximum Gasteiger partial charge on any atom is 0.416 e. The van der Waals surface area contributed by atoms with Crippen molar-refractivity contribution in [1.29, 1.82) is 0 Å². The summed E-state index contributed by atoms with van der Waals surface area (Å²) in [6.45, 7) is 0. The van der Waals surface area contributed by atoms with Crippen LogP contribution < -0.4 is 5.73 Å². The van der Waals surface area contributed by atoms with E-state index in [4.69, 9.17) is 28.9 Å². The number of rotatable bonds is 2. The zero-order valence-electron chi connectivity index (χ0n) is 10.4. The molecule has 0 aliphatic carbocycles. The lowest BCUT2D eigenvalue weighted by Crippen LogP contribution is -2.18. The van der Waals surface area contributed by atoms with Gasteiger partial charge in [0.2, 0.25) is 0 Å². The summed E-state index contributed by atoms with van der Waals surface area (Å²) < 4.78 is 52.2. The summed E-state index contributed by atoms with van der Waals surface area (Å²) in [6.07, 6.45) is -4.63. The van der Waals surface area contributed by atoms with E-state index in [1.165, 1.54) is 18.2 Å². The van der Waals surface area contributed by atoms with Crippen LogP contribution in [0.4, 0.5) is 17.6 Å². The zero-order chi connectivity index (χ0) is 15.8. The molecule has 1 unspecified atom stereocenters. The highest BCUT2D eigenvalue weighted by atomic mass is 35.5.